The molecule has 1 saturated carbocycles. The van der Waals surface area contributed by atoms with Crippen LogP contribution in [0.2, 0.25) is 0 Å². The topological polar surface area (TPSA) is 34.1 Å². The second-order valence-corrected chi connectivity index (χ2v) is 8.25. The largest absolute Gasteiger partial charge is 0.300 e. The van der Waals surface area contributed by atoms with E-state index in [1.165, 1.54) is 0 Å². The molecule has 1 rings (SSSR count). The number of hydrogen-bond acceptors (Lipinski definition) is 2. The molecule has 1 aliphatic rings. The standard InChI is InChI=1S/C6H8Br2O.C4H6Cl2O/c7-6(8)3-1-5(9)2-4-6;5-2-1-4(7)3-6/h1-4H2;1-3H2. The number of carbonyl (C=O) groups excluding carboxylic acids is 2. The van der Waals surface area contributed by atoms with Crippen LogP contribution in [0.5, 0.6) is 0 Å². The van der Waals surface area contributed by atoms with E-state index >= 15 is 0 Å². The molecule has 94 valence electrons. The van der Waals surface area contributed by atoms with Gasteiger partial charge in [-0.2, -0.15) is 0 Å². The molecule has 0 unspecified atom stereocenters. The van der Waals surface area contributed by atoms with Gasteiger partial charge in [-0.3, -0.25) is 9.59 Å². The number of Topliss-reactive ketones (excluding diaryl/α,β-unsaturated/α-hetero) is 2. The van der Waals surface area contributed by atoms with Gasteiger partial charge in [0.15, 0.2) is 0 Å². The van der Waals surface area contributed by atoms with Crippen LogP contribution >= 0.6 is 55.1 Å². The second kappa shape index (κ2) is 8.90. The number of alkyl halides is 4. The van der Waals surface area contributed by atoms with Gasteiger partial charge in [-0.1, -0.05) is 31.9 Å². The summed E-state index contributed by atoms with van der Waals surface area (Å²) in [5, 5.41) is 0. The highest BCUT2D eigenvalue weighted by Gasteiger charge is 2.28. The minimum atomic E-state index is 0.0108. The Morgan fingerprint density at radius 3 is 2.00 bits per heavy atom. The zero-order chi connectivity index (χ0) is 12.6. The van der Waals surface area contributed by atoms with Gasteiger partial charge < -0.3 is 0 Å². The van der Waals surface area contributed by atoms with Crippen molar-refractivity contribution >= 4 is 66.6 Å². The molecule has 0 N–H and O–H groups in total. The van der Waals surface area contributed by atoms with Gasteiger partial charge in [-0.15, -0.1) is 23.2 Å². The minimum absolute atomic E-state index is 0.0108. The molecule has 0 bridgehead atoms. The lowest BCUT2D eigenvalue weighted by Gasteiger charge is -2.23. The highest BCUT2D eigenvalue weighted by molar-refractivity contribution is 9.25. The molecule has 0 aromatic rings. The summed E-state index contributed by atoms with van der Waals surface area (Å²) in [4.78, 5) is 20.9. The smallest absolute Gasteiger partial charge is 0.148 e. The molecule has 0 aromatic carbocycles. The van der Waals surface area contributed by atoms with Crippen molar-refractivity contribution < 1.29 is 9.59 Å². The molecule has 0 aromatic heterocycles. The Labute approximate surface area is 123 Å². The summed E-state index contributed by atoms with van der Waals surface area (Å²) < 4.78 is 0.0634. The Morgan fingerprint density at radius 1 is 1.25 bits per heavy atom. The fourth-order valence-electron chi connectivity index (χ4n) is 1.07. The molecule has 0 radical (unpaired) electrons. The van der Waals surface area contributed by atoms with E-state index in [0.29, 0.717) is 18.1 Å². The Morgan fingerprint density at radius 2 is 1.75 bits per heavy atom. The maximum absolute atomic E-state index is 10.7. The van der Waals surface area contributed by atoms with Crippen LogP contribution in [-0.2, 0) is 9.59 Å². The maximum Gasteiger partial charge on any atom is 0.148 e. The molecule has 6 heteroatoms. The maximum atomic E-state index is 10.7. The van der Waals surface area contributed by atoms with Gasteiger partial charge in [0.1, 0.15) is 11.6 Å². The highest BCUT2D eigenvalue weighted by atomic mass is 79.9. The summed E-state index contributed by atoms with van der Waals surface area (Å²) in [6.45, 7) is 0. The SMILES string of the molecule is O=C(CCl)CCCl.O=C1CCC(Br)(Br)CC1. The van der Waals surface area contributed by atoms with Crippen LogP contribution < -0.4 is 0 Å². The fraction of sp³-hybridized carbons (Fsp3) is 0.800. The summed E-state index contributed by atoms with van der Waals surface area (Å²) >= 11 is 17.3. The second-order valence-electron chi connectivity index (χ2n) is 3.51. The number of carbonyl (C=O) groups is 2. The quantitative estimate of drug-likeness (QED) is 0.675. The van der Waals surface area contributed by atoms with Crippen LogP contribution in [-0.4, -0.2) is 26.6 Å². The third-order valence-electron chi connectivity index (χ3n) is 2.06. The van der Waals surface area contributed by atoms with Crippen molar-refractivity contribution in [2.75, 3.05) is 11.8 Å². The van der Waals surface area contributed by atoms with E-state index in [-0.39, 0.29) is 14.9 Å². The molecular weight excluding hydrogens is 383 g/mol. The number of hydrogen-bond donors (Lipinski definition) is 0. The molecular formula is C10H14Br2Cl2O2. The lowest BCUT2D eigenvalue weighted by Crippen LogP contribution is -2.20. The minimum Gasteiger partial charge on any atom is -0.300 e. The molecule has 1 aliphatic carbocycles. The lowest BCUT2D eigenvalue weighted by atomic mass is 9.99. The zero-order valence-electron chi connectivity index (χ0n) is 8.78. The summed E-state index contributed by atoms with van der Waals surface area (Å²) in [5.74, 6) is 0.874. The average Bonchev–Trinajstić information content (AvgIpc) is 2.24. The lowest BCUT2D eigenvalue weighted by molar-refractivity contribution is -0.120. The first-order chi connectivity index (χ1) is 7.41. The molecule has 0 saturated heterocycles. The molecule has 0 spiro atoms. The zero-order valence-corrected chi connectivity index (χ0v) is 13.5. The normalized spacial score (nSPS) is 18.6. The van der Waals surface area contributed by atoms with Gasteiger partial charge in [0.05, 0.1) is 9.11 Å². The summed E-state index contributed by atoms with van der Waals surface area (Å²) in [6.07, 6.45) is 3.68. The van der Waals surface area contributed by atoms with Crippen molar-refractivity contribution in [2.45, 2.75) is 35.3 Å². The molecule has 1 fully saturated rings. The number of halogens is 4. The van der Waals surface area contributed by atoms with Crippen LogP contribution in [0.1, 0.15) is 32.1 Å². The number of ketones is 2. The van der Waals surface area contributed by atoms with Gasteiger partial charge in [-0.05, 0) is 12.8 Å². The van der Waals surface area contributed by atoms with Crippen molar-refractivity contribution in [3.05, 3.63) is 0 Å². The van der Waals surface area contributed by atoms with Crippen LogP contribution in [0.15, 0.2) is 0 Å². The van der Waals surface area contributed by atoms with Crippen molar-refractivity contribution in [3.8, 4) is 0 Å². The van der Waals surface area contributed by atoms with Crippen molar-refractivity contribution in [1.82, 2.24) is 0 Å². The van der Waals surface area contributed by atoms with E-state index in [1.807, 2.05) is 0 Å². The molecule has 0 amide bonds. The van der Waals surface area contributed by atoms with E-state index in [9.17, 15) is 9.59 Å². The monoisotopic (exact) mass is 394 g/mol. The predicted octanol–water partition coefficient (Wildman–Crippen LogP) is 4.04. The molecule has 0 heterocycles. The van der Waals surface area contributed by atoms with Gasteiger partial charge >= 0.3 is 0 Å². The first-order valence-corrected chi connectivity index (χ1v) is 7.60. The van der Waals surface area contributed by atoms with Crippen molar-refractivity contribution in [2.24, 2.45) is 0 Å². The third-order valence-corrected chi connectivity index (χ3v) is 4.13. The van der Waals surface area contributed by atoms with E-state index in [2.05, 4.69) is 31.9 Å². The average molecular weight is 397 g/mol. The highest BCUT2D eigenvalue weighted by Crippen LogP contribution is 2.39. The Kier molecular flexibility index (Phi) is 9.39. The Hall–Kier alpha value is 0.880. The summed E-state index contributed by atoms with van der Waals surface area (Å²) in [5.41, 5.74) is 0. The van der Waals surface area contributed by atoms with Crippen molar-refractivity contribution in [3.63, 3.8) is 0 Å². The molecule has 16 heavy (non-hydrogen) atoms. The molecule has 2 nitrogen and oxygen atoms in total. The van der Waals surface area contributed by atoms with Crippen molar-refractivity contribution in [1.29, 1.82) is 0 Å². The van der Waals surface area contributed by atoms with Crippen LogP contribution in [0.3, 0.4) is 0 Å². The van der Waals surface area contributed by atoms with Gasteiger partial charge in [0, 0.05) is 25.1 Å². The van der Waals surface area contributed by atoms with Gasteiger partial charge in [0.25, 0.3) is 0 Å². The summed E-state index contributed by atoms with van der Waals surface area (Å²) in [6, 6.07) is 0. The van der Waals surface area contributed by atoms with E-state index < -0.39 is 0 Å². The number of rotatable bonds is 3. The Bertz CT molecular complexity index is 233. The van der Waals surface area contributed by atoms with Crippen LogP contribution in [0.4, 0.5) is 0 Å². The van der Waals surface area contributed by atoms with Crippen LogP contribution in [0, 0.1) is 0 Å². The van der Waals surface area contributed by atoms with Crippen LogP contribution in [0.25, 0.3) is 0 Å². The first kappa shape index (κ1) is 16.9. The third kappa shape index (κ3) is 8.97. The van der Waals surface area contributed by atoms with E-state index in [4.69, 9.17) is 23.2 Å². The summed E-state index contributed by atoms with van der Waals surface area (Å²) in [7, 11) is 0. The van der Waals surface area contributed by atoms with Gasteiger partial charge in [0.2, 0.25) is 0 Å². The fourth-order valence-corrected chi connectivity index (χ4v) is 2.20. The Balaban J connectivity index is 0.000000293. The van der Waals surface area contributed by atoms with E-state index in [0.717, 1.165) is 25.7 Å². The first-order valence-electron chi connectivity index (χ1n) is 4.94. The molecule has 0 aliphatic heterocycles. The molecule has 0 atom stereocenters. The van der Waals surface area contributed by atoms with Gasteiger partial charge in [-0.25, -0.2) is 0 Å². The van der Waals surface area contributed by atoms with E-state index in [1.54, 1.807) is 0 Å². The predicted molar refractivity (Wildman–Crippen MR) is 75.1 cm³/mol.